The predicted octanol–water partition coefficient (Wildman–Crippen LogP) is 8.22. The van der Waals surface area contributed by atoms with Gasteiger partial charge in [0.05, 0.1) is 42.7 Å². The average Bonchev–Trinajstić information content (AvgIpc) is 4.18. The molecule has 4 fully saturated rings. The molecule has 8 atom stereocenters. The van der Waals surface area contributed by atoms with E-state index < -0.39 is 5.60 Å². The first-order chi connectivity index (χ1) is 32.5. The van der Waals surface area contributed by atoms with Gasteiger partial charge in [-0.25, -0.2) is 4.79 Å². The Morgan fingerprint density at radius 3 is 1.84 bits per heavy atom. The molecule has 2 aromatic heterocycles. The van der Waals surface area contributed by atoms with Crippen LogP contribution < -0.4 is 15.1 Å². The van der Waals surface area contributed by atoms with Crippen molar-refractivity contribution in [1.29, 1.82) is 0 Å². The Bertz CT molecular complexity index is 2420. The van der Waals surface area contributed by atoms with Gasteiger partial charge >= 0.3 is 6.09 Å². The number of rotatable bonds is 8. The number of hydrogen-bond donors (Lipinski definition) is 1. The number of amides is 1. The quantitative estimate of drug-likeness (QED) is 0.185. The fraction of sp³-hybridized carbons (Fsp3) is 0.582. The summed E-state index contributed by atoms with van der Waals surface area (Å²) in [6, 6.07) is 23.2. The van der Waals surface area contributed by atoms with Crippen molar-refractivity contribution < 1.29 is 19.0 Å². The Labute approximate surface area is 398 Å². The number of nitrogens with zero attached hydrogens (tertiary/aromatic N) is 7. The van der Waals surface area contributed by atoms with E-state index >= 15 is 0 Å². The van der Waals surface area contributed by atoms with Crippen molar-refractivity contribution in [2.75, 3.05) is 63.3 Å². The molecule has 0 unspecified atom stereocenters. The van der Waals surface area contributed by atoms with Crippen LogP contribution in [0.25, 0.3) is 0 Å². The van der Waals surface area contributed by atoms with Crippen LogP contribution in [0.5, 0.6) is 0 Å². The molecule has 0 saturated carbocycles. The van der Waals surface area contributed by atoms with Crippen LogP contribution in [0.1, 0.15) is 116 Å². The topological polar surface area (TPSA) is 98.8 Å². The van der Waals surface area contributed by atoms with E-state index in [1.807, 2.05) is 44.1 Å². The number of likely N-dealkylation sites (N-methyl/N-ethyl adjacent to an activating group) is 2. The highest BCUT2D eigenvalue weighted by Crippen LogP contribution is 2.42. The molecule has 8 heterocycles. The molecule has 4 bridgehead atoms. The molecule has 0 spiro atoms. The molecule has 12 heteroatoms. The first-order valence-electron chi connectivity index (χ1n) is 25.5. The number of aromatic nitrogens is 2. The number of anilines is 2. The van der Waals surface area contributed by atoms with E-state index in [1.54, 1.807) is 0 Å². The van der Waals surface area contributed by atoms with Gasteiger partial charge in [0.15, 0.2) is 0 Å². The van der Waals surface area contributed by atoms with E-state index in [2.05, 4.69) is 93.6 Å². The van der Waals surface area contributed by atoms with Crippen LogP contribution in [0.2, 0.25) is 0 Å². The second-order valence-electron chi connectivity index (χ2n) is 22.0. The zero-order valence-electron chi connectivity index (χ0n) is 40.5. The summed E-state index contributed by atoms with van der Waals surface area (Å²) >= 11 is 0. The molecule has 4 saturated heterocycles. The van der Waals surface area contributed by atoms with Crippen molar-refractivity contribution in [3.63, 3.8) is 0 Å². The molecule has 2 aromatic carbocycles. The van der Waals surface area contributed by atoms with Crippen LogP contribution in [-0.4, -0.2) is 114 Å². The fourth-order valence-electron chi connectivity index (χ4n) is 12.9. The average molecular weight is 909 g/mol. The van der Waals surface area contributed by atoms with Gasteiger partial charge in [-0.05, 0) is 157 Å². The third-order valence-corrected chi connectivity index (χ3v) is 16.1. The van der Waals surface area contributed by atoms with E-state index in [1.165, 1.54) is 88.2 Å². The third kappa shape index (κ3) is 9.21. The molecule has 1 N–H and O–H groups in total. The Morgan fingerprint density at radius 2 is 1.28 bits per heavy atom. The van der Waals surface area contributed by atoms with Crippen LogP contribution in [0.15, 0.2) is 73.1 Å². The maximum absolute atomic E-state index is 13.5. The van der Waals surface area contributed by atoms with Gasteiger partial charge in [-0.2, -0.15) is 0 Å². The number of benzene rings is 2. The van der Waals surface area contributed by atoms with E-state index in [-0.39, 0.29) is 24.4 Å². The maximum Gasteiger partial charge on any atom is 0.410 e. The summed E-state index contributed by atoms with van der Waals surface area (Å²) in [6.45, 7) is 13.2. The second-order valence-corrected chi connectivity index (χ2v) is 22.0. The van der Waals surface area contributed by atoms with Gasteiger partial charge in [0.2, 0.25) is 0 Å². The molecule has 0 radical (unpaired) electrons. The van der Waals surface area contributed by atoms with Crippen LogP contribution in [0, 0.1) is 11.8 Å². The van der Waals surface area contributed by atoms with E-state index in [0.717, 1.165) is 78.0 Å². The number of carbonyl (C=O) groups excluding carboxylic acids is 1. The molecular formula is C55H72N8O4. The Kier molecular flexibility index (Phi) is 12.5. The molecule has 12 nitrogen and oxygen atoms in total. The van der Waals surface area contributed by atoms with E-state index in [9.17, 15) is 4.79 Å². The predicted molar refractivity (Wildman–Crippen MR) is 262 cm³/mol. The molecule has 4 aromatic rings. The van der Waals surface area contributed by atoms with Crippen molar-refractivity contribution in [1.82, 2.24) is 30.0 Å². The molecule has 12 rings (SSSR count). The number of nitrogens with one attached hydrogen (secondary N) is 1. The van der Waals surface area contributed by atoms with Gasteiger partial charge in [0.25, 0.3) is 0 Å². The number of fused-ring (bicyclic) bond motifs is 8. The van der Waals surface area contributed by atoms with Crippen molar-refractivity contribution in [3.05, 3.63) is 118 Å². The zero-order chi connectivity index (χ0) is 45.8. The van der Waals surface area contributed by atoms with E-state index in [4.69, 9.17) is 24.2 Å². The minimum Gasteiger partial charge on any atom is -0.444 e. The maximum atomic E-state index is 13.5. The highest BCUT2D eigenvalue weighted by Gasteiger charge is 2.43. The molecular weight excluding hydrogens is 837 g/mol. The van der Waals surface area contributed by atoms with Gasteiger partial charge in [0.1, 0.15) is 18.1 Å². The van der Waals surface area contributed by atoms with Crippen LogP contribution >= 0.6 is 0 Å². The normalized spacial score (nSPS) is 28.2. The molecule has 356 valence electrons. The first kappa shape index (κ1) is 44.9. The second kappa shape index (κ2) is 18.7. The summed E-state index contributed by atoms with van der Waals surface area (Å²) in [7, 11) is 4.47. The van der Waals surface area contributed by atoms with Gasteiger partial charge in [-0.1, -0.05) is 36.4 Å². The smallest absolute Gasteiger partial charge is 0.410 e. The molecule has 2 aliphatic carbocycles. The molecule has 67 heavy (non-hydrogen) atoms. The van der Waals surface area contributed by atoms with Gasteiger partial charge in [0, 0.05) is 80.9 Å². The highest BCUT2D eigenvalue weighted by molar-refractivity contribution is 5.70. The standard InChI is InChI=1S/C30H40N4O3.C25H32N4O/c1-30(2,3)37-29(35)33-17-22-9-6-11-25(34-16-20-14-27(34)36-19-20)24(22)15-23(33)18-32(4)26-12-5-8-21-10-7-13-31-28(21)26;1-28(23-9-2-5-18-7-4-10-26-25(18)23)15-20-12-21-19(13-27-20)6-3-8-22(21)29-14-17-11-24(29)30-16-17/h6-7,9-11,13,20,23,26-27H,5,8,12,14-19H2,1-4H3;3-4,6-8,10,17,20,23-24,27H,2,5,9,11-16H2,1H3/t20-,23-,26+,27+;17-,20-,23+,24+/m11/s1. The summed E-state index contributed by atoms with van der Waals surface area (Å²) in [6.07, 6.45) is 15.3. The zero-order valence-corrected chi connectivity index (χ0v) is 40.5. The lowest BCUT2D eigenvalue weighted by atomic mass is 9.89. The first-order valence-corrected chi connectivity index (χ1v) is 25.5. The van der Waals surface area contributed by atoms with E-state index in [0.29, 0.717) is 36.7 Å². The van der Waals surface area contributed by atoms with Crippen LogP contribution in [0.3, 0.4) is 0 Å². The number of aryl methyl sites for hydroxylation is 2. The molecule has 6 aliphatic heterocycles. The number of hydrogen-bond acceptors (Lipinski definition) is 11. The van der Waals surface area contributed by atoms with Crippen LogP contribution in [0.4, 0.5) is 16.2 Å². The summed E-state index contributed by atoms with van der Waals surface area (Å²) in [5.74, 6) is 1.34. The monoisotopic (exact) mass is 909 g/mol. The van der Waals surface area contributed by atoms with Crippen LogP contribution in [-0.2, 0) is 53.0 Å². The largest absolute Gasteiger partial charge is 0.444 e. The highest BCUT2D eigenvalue weighted by atomic mass is 16.6. The lowest BCUT2D eigenvalue weighted by Crippen LogP contribution is -2.51. The van der Waals surface area contributed by atoms with Gasteiger partial charge in [-0.15, -0.1) is 0 Å². The summed E-state index contributed by atoms with van der Waals surface area (Å²) in [5, 5.41) is 3.81. The Balaban J connectivity index is 0.000000151. The van der Waals surface area contributed by atoms with Gasteiger partial charge in [-0.3, -0.25) is 24.7 Å². The lowest BCUT2D eigenvalue weighted by molar-refractivity contribution is 0.00639. The minimum atomic E-state index is -0.534. The number of carbonyl (C=O) groups is 1. The number of ether oxygens (including phenoxy) is 3. The Morgan fingerprint density at radius 1 is 0.731 bits per heavy atom. The van der Waals surface area contributed by atoms with Gasteiger partial charge < -0.3 is 29.3 Å². The molecule has 8 aliphatic rings. The SMILES string of the molecule is CN(C[C@H]1Cc2c(cccc2N2C[C@@H]3CO[C@H]2C3)CN1)[C@H]1CCCc2cccnc21.CN(C[C@H]1Cc2c(cccc2N2C[C@@H]3CO[C@H]2C3)CN1C(=O)OC(C)(C)C)[C@H]1CCCc2cccnc21. The van der Waals surface area contributed by atoms with Crippen molar-refractivity contribution in [2.24, 2.45) is 11.8 Å². The lowest BCUT2D eigenvalue weighted by Gasteiger charge is -2.43. The Hall–Kier alpha value is -4.59. The summed E-state index contributed by atoms with van der Waals surface area (Å²) < 4.78 is 18.0. The fourth-order valence-corrected chi connectivity index (χ4v) is 12.9. The third-order valence-electron chi connectivity index (χ3n) is 16.1. The number of pyridine rings is 2. The summed E-state index contributed by atoms with van der Waals surface area (Å²) in [5.41, 5.74) is 13.0. The van der Waals surface area contributed by atoms with Crippen molar-refractivity contribution in [3.8, 4) is 0 Å². The molecule has 1 amide bonds. The minimum absolute atomic E-state index is 0.0169. The summed E-state index contributed by atoms with van der Waals surface area (Å²) in [4.78, 5) is 34.9. The van der Waals surface area contributed by atoms with Crippen molar-refractivity contribution >= 4 is 17.5 Å². The van der Waals surface area contributed by atoms with Crippen molar-refractivity contribution in [2.45, 2.75) is 140 Å².